The van der Waals surface area contributed by atoms with Gasteiger partial charge in [0.25, 0.3) is 0 Å². The summed E-state index contributed by atoms with van der Waals surface area (Å²) in [6.07, 6.45) is 0.903. The fourth-order valence-electron chi connectivity index (χ4n) is 4.54. The molecule has 0 aromatic carbocycles. The zero-order valence-electron chi connectivity index (χ0n) is 14.6. The van der Waals surface area contributed by atoms with Crippen LogP contribution >= 0.6 is 22.7 Å². The van der Waals surface area contributed by atoms with Crippen molar-refractivity contribution >= 4 is 34.6 Å². The van der Waals surface area contributed by atoms with E-state index in [0.29, 0.717) is 22.6 Å². The molecular formula is C19H19NO5S2. The van der Waals surface area contributed by atoms with Gasteiger partial charge >= 0.3 is 5.97 Å². The maximum atomic E-state index is 13.1. The van der Waals surface area contributed by atoms with Crippen molar-refractivity contribution < 1.29 is 24.2 Å². The van der Waals surface area contributed by atoms with Crippen molar-refractivity contribution in [3.63, 3.8) is 0 Å². The number of hydrogen-bond acceptors (Lipinski definition) is 7. The van der Waals surface area contributed by atoms with Crippen LogP contribution in [0.1, 0.15) is 29.5 Å². The molecule has 2 bridgehead atoms. The van der Waals surface area contributed by atoms with Crippen LogP contribution in [0.15, 0.2) is 35.0 Å². The topological polar surface area (TPSA) is 79.4 Å². The summed E-state index contributed by atoms with van der Waals surface area (Å²) in [4.78, 5) is 28.0. The number of morpholine rings is 1. The number of ether oxygens (including phenoxy) is 2. The monoisotopic (exact) mass is 405 g/mol. The summed E-state index contributed by atoms with van der Waals surface area (Å²) in [5.74, 6) is -0.609. The van der Waals surface area contributed by atoms with Gasteiger partial charge < -0.3 is 19.5 Å². The third-order valence-electron chi connectivity index (χ3n) is 5.73. The van der Waals surface area contributed by atoms with Gasteiger partial charge in [-0.3, -0.25) is 4.79 Å². The highest BCUT2D eigenvalue weighted by Crippen LogP contribution is 2.49. The second-order valence-corrected chi connectivity index (χ2v) is 9.19. The van der Waals surface area contributed by atoms with Crippen LogP contribution in [0.3, 0.4) is 0 Å². The normalized spacial score (nSPS) is 31.5. The molecule has 3 saturated heterocycles. The van der Waals surface area contributed by atoms with Crippen molar-refractivity contribution in [2.24, 2.45) is 0 Å². The summed E-state index contributed by atoms with van der Waals surface area (Å²) >= 11 is 2.65. The minimum atomic E-state index is -1.79. The third kappa shape index (κ3) is 2.58. The standard InChI is InChI=1S/C19H19NO5S2/c1-10(21)20-12-8-11(9-13(20)17-16(12)25-17)24-18(22)19(23,14-4-2-6-26-14)15-5-3-7-27-15/h2-7,11-13,16-17,23H,8-9H2,1H3/t11?,12-,13+,16-,17+. The maximum absolute atomic E-state index is 13.1. The van der Waals surface area contributed by atoms with Crippen LogP contribution < -0.4 is 0 Å². The predicted molar refractivity (Wildman–Crippen MR) is 99.5 cm³/mol. The van der Waals surface area contributed by atoms with E-state index in [1.807, 2.05) is 27.8 Å². The Morgan fingerprint density at radius 1 is 1.15 bits per heavy atom. The lowest BCUT2D eigenvalue weighted by Crippen LogP contribution is -2.53. The highest BCUT2D eigenvalue weighted by Gasteiger charge is 2.65. The number of carbonyl (C=O) groups is 2. The van der Waals surface area contributed by atoms with Crippen molar-refractivity contribution in [3.05, 3.63) is 44.8 Å². The molecular weight excluding hydrogens is 386 g/mol. The smallest absolute Gasteiger partial charge is 0.349 e. The number of hydrogen-bond donors (Lipinski definition) is 1. The highest BCUT2D eigenvalue weighted by atomic mass is 32.1. The van der Waals surface area contributed by atoms with Gasteiger partial charge in [-0.2, -0.15) is 0 Å². The highest BCUT2D eigenvalue weighted by molar-refractivity contribution is 7.12. The Labute approximate surface area is 164 Å². The molecule has 2 aromatic rings. The van der Waals surface area contributed by atoms with E-state index in [2.05, 4.69) is 0 Å². The molecule has 3 aliphatic heterocycles. The Morgan fingerprint density at radius 3 is 2.15 bits per heavy atom. The second kappa shape index (κ2) is 6.13. The summed E-state index contributed by atoms with van der Waals surface area (Å²) in [7, 11) is 0. The molecule has 0 aliphatic carbocycles. The Kier molecular flexibility index (Phi) is 3.94. The first-order valence-electron chi connectivity index (χ1n) is 8.96. The first-order chi connectivity index (χ1) is 13.0. The number of piperidine rings is 1. The van der Waals surface area contributed by atoms with Gasteiger partial charge in [0.1, 0.15) is 18.3 Å². The number of aliphatic hydroxyl groups is 1. The summed E-state index contributed by atoms with van der Waals surface area (Å²) in [6, 6.07) is 7.03. The number of amides is 1. The van der Waals surface area contributed by atoms with E-state index in [1.54, 1.807) is 19.1 Å². The summed E-state index contributed by atoms with van der Waals surface area (Å²) in [5, 5.41) is 15.0. The van der Waals surface area contributed by atoms with Crippen molar-refractivity contribution in [1.29, 1.82) is 0 Å². The van der Waals surface area contributed by atoms with Gasteiger partial charge in [0.15, 0.2) is 0 Å². The van der Waals surface area contributed by atoms with Crippen LogP contribution in [0.2, 0.25) is 0 Å². The van der Waals surface area contributed by atoms with Crippen LogP contribution in [-0.4, -0.2) is 52.3 Å². The second-order valence-electron chi connectivity index (χ2n) is 7.29. The Hall–Kier alpha value is -1.74. The first-order valence-corrected chi connectivity index (χ1v) is 10.7. The Morgan fingerprint density at radius 2 is 1.70 bits per heavy atom. The number of carbonyl (C=O) groups excluding carboxylic acids is 2. The SMILES string of the molecule is CC(=O)N1[C@@H]2CC(OC(=O)C(O)(c3cccs3)c3cccs3)C[C@H]1[C@@H]1O[C@@H]12. The molecule has 3 fully saturated rings. The van der Waals surface area contributed by atoms with E-state index < -0.39 is 11.6 Å². The summed E-state index contributed by atoms with van der Waals surface area (Å²) < 4.78 is 11.5. The van der Waals surface area contributed by atoms with Gasteiger partial charge in [0.2, 0.25) is 11.5 Å². The van der Waals surface area contributed by atoms with Crippen LogP contribution in [0.4, 0.5) is 0 Å². The van der Waals surface area contributed by atoms with E-state index in [9.17, 15) is 14.7 Å². The van der Waals surface area contributed by atoms with Gasteiger partial charge in [0.05, 0.1) is 21.8 Å². The zero-order valence-corrected chi connectivity index (χ0v) is 16.2. The molecule has 3 aliphatic rings. The lowest BCUT2D eigenvalue weighted by Gasteiger charge is -2.40. The number of rotatable bonds is 4. The quantitative estimate of drug-likeness (QED) is 0.623. The predicted octanol–water partition coefficient (Wildman–Crippen LogP) is 2.12. The van der Waals surface area contributed by atoms with E-state index in [4.69, 9.17) is 9.47 Å². The van der Waals surface area contributed by atoms with Gasteiger partial charge in [-0.1, -0.05) is 12.1 Å². The largest absolute Gasteiger partial charge is 0.460 e. The average Bonchev–Trinajstić information content (AvgIpc) is 3.04. The molecule has 0 radical (unpaired) electrons. The van der Waals surface area contributed by atoms with E-state index in [-0.39, 0.29) is 36.3 Å². The molecule has 5 rings (SSSR count). The molecule has 6 nitrogen and oxygen atoms in total. The fraction of sp³-hybridized carbons (Fsp3) is 0.474. The summed E-state index contributed by atoms with van der Waals surface area (Å²) in [6.45, 7) is 1.57. The van der Waals surface area contributed by atoms with Crippen LogP contribution in [0.5, 0.6) is 0 Å². The molecule has 2 aromatic heterocycles. The van der Waals surface area contributed by atoms with Crippen molar-refractivity contribution in [2.75, 3.05) is 0 Å². The minimum Gasteiger partial charge on any atom is -0.460 e. The average molecular weight is 405 g/mol. The lowest BCUT2D eigenvalue weighted by molar-refractivity contribution is -0.172. The molecule has 8 heteroatoms. The van der Waals surface area contributed by atoms with Crippen LogP contribution in [-0.2, 0) is 24.7 Å². The fourth-order valence-corrected chi connectivity index (χ4v) is 6.25. The maximum Gasteiger partial charge on any atom is 0.349 e. The summed E-state index contributed by atoms with van der Waals surface area (Å²) in [5.41, 5.74) is -1.79. The lowest BCUT2D eigenvalue weighted by atomic mass is 9.96. The van der Waals surface area contributed by atoms with E-state index in [0.717, 1.165) is 0 Å². The van der Waals surface area contributed by atoms with E-state index in [1.165, 1.54) is 22.7 Å². The van der Waals surface area contributed by atoms with Crippen molar-refractivity contribution in [2.45, 2.75) is 55.8 Å². The van der Waals surface area contributed by atoms with E-state index >= 15 is 0 Å². The van der Waals surface area contributed by atoms with Crippen LogP contribution in [0.25, 0.3) is 0 Å². The molecule has 1 unspecified atom stereocenters. The molecule has 0 saturated carbocycles. The molecule has 27 heavy (non-hydrogen) atoms. The number of epoxide rings is 1. The zero-order chi connectivity index (χ0) is 18.8. The molecule has 5 heterocycles. The van der Waals surface area contributed by atoms with Crippen LogP contribution in [0, 0.1) is 0 Å². The van der Waals surface area contributed by atoms with Gasteiger partial charge in [-0.25, -0.2) is 4.79 Å². The number of esters is 1. The van der Waals surface area contributed by atoms with Crippen molar-refractivity contribution in [1.82, 2.24) is 4.90 Å². The molecule has 0 spiro atoms. The molecule has 1 amide bonds. The molecule has 142 valence electrons. The molecule has 1 N–H and O–H groups in total. The minimum absolute atomic E-state index is 0.0410. The van der Waals surface area contributed by atoms with Gasteiger partial charge in [-0.15, -0.1) is 22.7 Å². The number of thiophene rings is 2. The molecule has 5 atom stereocenters. The Balaban J connectivity index is 1.38. The number of fused-ring (bicyclic) bond motifs is 5. The van der Waals surface area contributed by atoms with Crippen molar-refractivity contribution in [3.8, 4) is 0 Å². The van der Waals surface area contributed by atoms with Gasteiger partial charge in [-0.05, 0) is 22.9 Å². The Bertz CT molecular complexity index is 813. The number of nitrogens with zero attached hydrogens (tertiary/aromatic N) is 1. The first kappa shape index (κ1) is 17.4. The third-order valence-corrected chi connectivity index (χ3v) is 7.69. The van der Waals surface area contributed by atoms with Gasteiger partial charge in [0, 0.05) is 19.8 Å².